The molecule has 0 N–H and O–H groups in total. The summed E-state index contributed by atoms with van der Waals surface area (Å²) in [6, 6.07) is 1.81. The number of thioether (sulfide) groups is 1. The second-order valence-electron chi connectivity index (χ2n) is 4.01. The minimum Gasteiger partial charge on any atom is -0.265 e. The zero-order valence-electron chi connectivity index (χ0n) is 10.5. The summed E-state index contributed by atoms with van der Waals surface area (Å²) in [6.07, 6.45) is 6.43. The van der Waals surface area contributed by atoms with Crippen LogP contribution < -0.4 is 0 Å². The Bertz CT molecular complexity index is 826. The van der Waals surface area contributed by atoms with Gasteiger partial charge in [-0.3, -0.25) is 3.97 Å². The van der Waals surface area contributed by atoms with Crippen LogP contribution in [0.1, 0.15) is 0 Å². The molecular weight excluding hydrogens is 446 g/mol. The van der Waals surface area contributed by atoms with E-state index in [1.165, 1.54) is 27.1 Å². The summed E-state index contributed by atoms with van der Waals surface area (Å²) in [5, 5.41) is 1.69. The van der Waals surface area contributed by atoms with E-state index in [4.69, 9.17) is 11.6 Å². The van der Waals surface area contributed by atoms with Crippen molar-refractivity contribution in [3.05, 3.63) is 35.5 Å². The number of fused-ring (bicyclic) bond motifs is 1. The van der Waals surface area contributed by atoms with Crippen LogP contribution in [0.4, 0.5) is 4.39 Å². The van der Waals surface area contributed by atoms with Crippen LogP contribution in [0.2, 0.25) is 5.02 Å². The van der Waals surface area contributed by atoms with Crippen LogP contribution in [0, 0.1) is 5.82 Å². The van der Waals surface area contributed by atoms with Crippen LogP contribution in [-0.4, -0.2) is 25.2 Å². The summed E-state index contributed by atoms with van der Waals surface area (Å²) in [5.41, 5.74) is 1.55. The second kappa shape index (κ2) is 6.27. The first kappa shape index (κ1) is 15.3. The zero-order valence-corrected chi connectivity index (χ0v) is 15.1. The van der Waals surface area contributed by atoms with E-state index in [-0.39, 0.29) is 0 Å². The van der Waals surface area contributed by atoms with Gasteiger partial charge in [-0.25, -0.2) is 19.3 Å². The van der Waals surface area contributed by atoms with E-state index in [0.717, 1.165) is 16.6 Å². The van der Waals surface area contributed by atoms with Gasteiger partial charge in [0.25, 0.3) is 0 Å². The number of hydrogen-bond donors (Lipinski definition) is 0. The molecule has 0 aliphatic heterocycles. The Morgan fingerprint density at radius 1 is 1.33 bits per heavy atom. The molecule has 0 radical (unpaired) electrons. The van der Waals surface area contributed by atoms with E-state index in [0.29, 0.717) is 15.9 Å². The normalized spacial score (nSPS) is 11.2. The van der Waals surface area contributed by atoms with Crippen LogP contribution in [0.3, 0.4) is 0 Å². The lowest BCUT2D eigenvalue weighted by Gasteiger charge is -2.01. The lowest BCUT2D eigenvalue weighted by atomic mass is 10.2. The maximum Gasteiger partial charge on any atom is 0.173 e. The minimum absolute atomic E-state index is 0.318. The highest BCUT2D eigenvalue weighted by Gasteiger charge is 2.16. The van der Waals surface area contributed by atoms with Gasteiger partial charge >= 0.3 is 0 Å². The largest absolute Gasteiger partial charge is 0.265 e. The van der Waals surface area contributed by atoms with Crippen molar-refractivity contribution in [1.29, 1.82) is 0 Å². The fraction of sp³-hybridized carbons (Fsp3) is 0.0833. The Kier molecular flexibility index (Phi) is 4.57. The monoisotopic (exact) mass is 452 g/mol. The van der Waals surface area contributed by atoms with Gasteiger partial charge in [0.05, 0.1) is 11.2 Å². The van der Waals surface area contributed by atoms with Gasteiger partial charge in [0.2, 0.25) is 0 Å². The predicted molar refractivity (Wildman–Crippen MR) is 94.5 cm³/mol. The molecule has 0 amide bonds. The van der Waals surface area contributed by atoms with E-state index >= 15 is 0 Å². The molecule has 0 atom stereocenters. The molecule has 0 aliphatic carbocycles. The Labute approximate surface area is 145 Å². The highest BCUT2D eigenvalue weighted by atomic mass is 127. The van der Waals surface area contributed by atoms with Crippen LogP contribution >= 0.6 is 53.7 Å². The number of halogens is 3. The van der Waals surface area contributed by atoms with Crippen LogP contribution in [0.15, 0.2) is 29.7 Å². The molecule has 3 aromatic rings. The quantitative estimate of drug-likeness (QED) is 0.323. The number of aromatic nitrogens is 4. The summed E-state index contributed by atoms with van der Waals surface area (Å²) in [7, 11) is 1.48. The maximum atomic E-state index is 13.5. The first-order valence-corrected chi connectivity index (χ1v) is 10.6. The van der Waals surface area contributed by atoms with E-state index in [1.54, 1.807) is 12.5 Å². The standard InChI is InChI=1S/C12H7ClFIN4S2/c1-20-12-9(14)4-16-10(18-12)8-5-19(21-15)11-7(8)2-6(13)3-17-11/h2-5H,1H3. The van der Waals surface area contributed by atoms with Crippen molar-refractivity contribution in [2.45, 2.75) is 5.03 Å². The van der Waals surface area contributed by atoms with E-state index in [9.17, 15) is 4.39 Å². The minimum atomic E-state index is -0.422. The molecule has 3 heterocycles. The lowest BCUT2D eigenvalue weighted by Crippen LogP contribution is -1.93. The third kappa shape index (κ3) is 2.86. The van der Waals surface area contributed by atoms with Gasteiger partial charge in [0.1, 0.15) is 5.03 Å². The molecule has 9 heteroatoms. The maximum absolute atomic E-state index is 13.5. The SMILES string of the molecule is CSc1nc(-c2cn(SI)c3ncc(Cl)cc23)ncc1F. The van der Waals surface area contributed by atoms with Crippen molar-refractivity contribution in [2.75, 3.05) is 6.26 Å². The molecule has 0 unspecified atom stereocenters. The van der Waals surface area contributed by atoms with Crippen molar-refractivity contribution in [3.8, 4) is 11.4 Å². The molecule has 0 aromatic carbocycles. The molecule has 0 fully saturated rings. The predicted octanol–water partition coefficient (Wildman–Crippen LogP) is 4.85. The average Bonchev–Trinajstić information content (AvgIpc) is 2.85. The van der Waals surface area contributed by atoms with E-state index < -0.39 is 5.82 Å². The first-order chi connectivity index (χ1) is 10.1. The summed E-state index contributed by atoms with van der Waals surface area (Å²) in [6.45, 7) is 0. The Morgan fingerprint density at radius 2 is 2.14 bits per heavy atom. The second-order valence-corrected chi connectivity index (χ2v) is 6.96. The molecule has 3 rings (SSSR count). The summed E-state index contributed by atoms with van der Waals surface area (Å²) >= 11 is 9.44. The lowest BCUT2D eigenvalue weighted by molar-refractivity contribution is 0.580. The molecule has 0 bridgehead atoms. The van der Waals surface area contributed by atoms with Crippen LogP contribution in [0.5, 0.6) is 0 Å². The Balaban J connectivity index is 2.26. The smallest absolute Gasteiger partial charge is 0.173 e. The summed E-state index contributed by atoms with van der Waals surface area (Å²) < 4.78 is 15.4. The van der Waals surface area contributed by atoms with Crippen LogP contribution in [0.25, 0.3) is 22.4 Å². The van der Waals surface area contributed by atoms with E-state index in [2.05, 4.69) is 36.2 Å². The van der Waals surface area contributed by atoms with Gasteiger partial charge in [-0.05, 0) is 12.3 Å². The summed E-state index contributed by atoms with van der Waals surface area (Å²) in [5.74, 6) is 0.0356. The fourth-order valence-corrected chi connectivity index (χ4v) is 3.75. The van der Waals surface area contributed by atoms with Crippen molar-refractivity contribution in [1.82, 2.24) is 18.9 Å². The molecule has 0 aliphatic rings. The van der Waals surface area contributed by atoms with Gasteiger partial charge in [-0.1, -0.05) is 11.6 Å². The third-order valence-electron chi connectivity index (χ3n) is 2.80. The van der Waals surface area contributed by atoms with Gasteiger partial charge in [-0.2, -0.15) is 0 Å². The molecule has 4 nitrogen and oxygen atoms in total. The summed E-state index contributed by atoms with van der Waals surface area (Å²) in [4.78, 5) is 12.7. The van der Waals surface area contributed by atoms with Gasteiger partial charge < -0.3 is 0 Å². The molecule has 0 saturated carbocycles. The molecule has 3 aromatic heterocycles. The van der Waals surface area contributed by atoms with Crippen molar-refractivity contribution < 1.29 is 4.39 Å². The fourth-order valence-electron chi connectivity index (χ4n) is 1.91. The molecule has 21 heavy (non-hydrogen) atoms. The number of pyridine rings is 1. The molecule has 0 spiro atoms. The number of nitrogens with zero attached hydrogens (tertiary/aromatic N) is 4. The van der Waals surface area contributed by atoms with E-state index in [1.807, 2.05) is 16.2 Å². The zero-order chi connectivity index (χ0) is 15.0. The highest BCUT2D eigenvalue weighted by molar-refractivity contribution is 14.2. The number of hydrogen-bond acceptors (Lipinski definition) is 5. The third-order valence-corrected chi connectivity index (χ3v) is 5.38. The topological polar surface area (TPSA) is 43.6 Å². The van der Waals surface area contributed by atoms with Crippen molar-refractivity contribution >= 4 is 64.7 Å². The van der Waals surface area contributed by atoms with Gasteiger partial charge in [-0.15, -0.1) is 11.8 Å². The van der Waals surface area contributed by atoms with Gasteiger partial charge in [0, 0.05) is 53.7 Å². The Hall–Kier alpha value is -0.580. The van der Waals surface area contributed by atoms with Gasteiger partial charge in [0.15, 0.2) is 17.3 Å². The Morgan fingerprint density at radius 3 is 2.86 bits per heavy atom. The number of rotatable bonds is 3. The van der Waals surface area contributed by atoms with Crippen molar-refractivity contribution in [2.24, 2.45) is 0 Å². The van der Waals surface area contributed by atoms with Crippen molar-refractivity contribution in [3.63, 3.8) is 0 Å². The molecular formula is C12H7ClFIN4S2. The molecule has 0 saturated heterocycles. The molecule has 108 valence electrons. The van der Waals surface area contributed by atoms with Crippen LogP contribution in [-0.2, 0) is 0 Å². The first-order valence-electron chi connectivity index (χ1n) is 5.66. The average molecular weight is 453 g/mol. The highest BCUT2D eigenvalue weighted by Crippen LogP contribution is 2.34.